The highest BCUT2D eigenvalue weighted by Gasteiger charge is 2.21. The van der Waals surface area contributed by atoms with Crippen LogP contribution in [-0.2, 0) is 0 Å². The molecular formula is C15H10N6O3. The number of fused-ring (bicyclic) bond motifs is 1. The second kappa shape index (κ2) is 4.95. The van der Waals surface area contributed by atoms with Gasteiger partial charge in [0.2, 0.25) is 18.4 Å². The lowest BCUT2D eigenvalue weighted by molar-refractivity contribution is 0.174. The van der Waals surface area contributed by atoms with Gasteiger partial charge in [0, 0.05) is 18.0 Å². The third-order valence-corrected chi connectivity index (χ3v) is 3.72. The van der Waals surface area contributed by atoms with Crippen LogP contribution in [0.2, 0.25) is 0 Å². The molecule has 0 bridgehead atoms. The summed E-state index contributed by atoms with van der Waals surface area (Å²) in [5, 5.41) is 16.0. The minimum atomic E-state index is 0.223. The van der Waals surface area contributed by atoms with Gasteiger partial charge in [0.1, 0.15) is 0 Å². The number of aromatic nitrogens is 6. The van der Waals surface area contributed by atoms with Crippen LogP contribution in [0.5, 0.6) is 11.5 Å². The molecule has 0 fully saturated rings. The lowest BCUT2D eigenvalue weighted by atomic mass is 10.1. The van der Waals surface area contributed by atoms with E-state index < -0.39 is 0 Å². The normalized spacial score (nSPS) is 12.7. The van der Waals surface area contributed by atoms with Crippen LogP contribution in [0.3, 0.4) is 0 Å². The predicted octanol–water partition coefficient (Wildman–Crippen LogP) is 1.84. The van der Waals surface area contributed by atoms with Gasteiger partial charge in [0.15, 0.2) is 11.5 Å². The minimum absolute atomic E-state index is 0.223. The zero-order chi connectivity index (χ0) is 15.9. The summed E-state index contributed by atoms with van der Waals surface area (Å²) in [5.41, 5.74) is 1.60. The Balaban J connectivity index is 1.63. The first-order chi connectivity index (χ1) is 11.9. The topological polar surface area (TPSA) is 93.0 Å². The first kappa shape index (κ1) is 12.9. The van der Waals surface area contributed by atoms with Gasteiger partial charge < -0.3 is 14.0 Å². The number of hydrogen-bond acceptors (Lipinski definition) is 7. The third-order valence-electron chi connectivity index (χ3n) is 3.72. The average molecular weight is 322 g/mol. The van der Waals surface area contributed by atoms with Crippen LogP contribution in [0.25, 0.3) is 22.9 Å². The Hall–Kier alpha value is -3.62. The summed E-state index contributed by atoms with van der Waals surface area (Å²) in [6.45, 7) is 0.223. The van der Waals surface area contributed by atoms with Crippen molar-refractivity contribution >= 4 is 0 Å². The highest BCUT2D eigenvalue weighted by Crippen LogP contribution is 2.36. The van der Waals surface area contributed by atoms with Crippen molar-refractivity contribution in [2.45, 2.75) is 0 Å². The smallest absolute Gasteiger partial charge is 0.245 e. The van der Waals surface area contributed by atoms with E-state index in [2.05, 4.69) is 20.6 Å². The van der Waals surface area contributed by atoms with E-state index in [4.69, 9.17) is 14.1 Å². The molecule has 118 valence electrons. The largest absolute Gasteiger partial charge is 0.454 e. The molecule has 0 amide bonds. The Labute approximate surface area is 135 Å². The van der Waals surface area contributed by atoms with Crippen LogP contribution < -0.4 is 9.47 Å². The van der Waals surface area contributed by atoms with Gasteiger partial charge in [-0.1, -0.05) is 5.21 Å². The molecule has 0 saturated carbocycles. The van der Waals surface area contributed by atoms with Gasteiger partial charge in [-0.25, -0.2) is 4.63 Å². The van der Waals surface area contributed by atoms with Crippen molar-refractivity contribution in [3.8, 4) is 34.4 Å². The molecule has 9 heteroatoms. The molecule has 0 atom stereocenters. The molecule has 1 aromatic carbocycles. The maximum absolute atomic E-state index is 5.43. The Kier molecular flexibility index (Phi) is 2.65. The predicted molar refractivity (Wildman–Crippen MR) is 80.1 cm³/mol. The SMILES string of the molecule is c1ccn(-c2nonc2-n2nncc2-c2ccc3c(c2)OCO3)c1. The fourth-order valence-corrected chi connectivity index (χ4v) is 2.60. The van der Waals surface area contributed by atoms with Gasteiger partial charge in [0.05, 0.1) is 11.9 Å². The van der Waals surface area contributed by atoms with E-state index in [0.29, 0.717) is 23.1 Å². The monoisotopic (exact) mass is 322 g/mol. The summed E-state index contributed by atoms with van der Waals surface area (Å²) in [6, 6.07) is 9.41. The molecule has 0 unspecified atom stereocenters. The van der Waals surface area contributed by atoms with E-state index in [0.717, 1.165) is 11.3 Å². The van der Waals surface area contributed by atoms with Crippen molar-refractivity contribution < 1.29 is 14.1 Å². The summed E-state index contributed by atoms with van der Waals surface area (Å²) in [7, 11) is 0. The maximum atomic E-state index is 5.43. The fraction of sp³-hybridized carbons (Fsp3) is 0.0667. The summed E-state index contributed by atoms with van der Waals surface area (Å²) in [6.07, 6.45) is 5.34. The van der Waals surface area contributed by atoms with E-state index in [1.165, 1.54) is 0 Å². The van der Waals surface area contributed by atoms with Gasteiger partial charge >= 0.3 is 0 Å². The van der Waals surface area contributed by atoms with Gasteiger partial charge in [-0.2, -0.15) is 4.68 Å². The second-order valence-electron chi connectivity index (χ2n) is 5.10. The van der Waals surface area contributed by atoms with Crippen molar-refractivity contribution in [2.75, 3.05) is 6.79 Å². The molecule has 0 spiro atoms. The highest BCUT2D eigenvalue weighted by molar-refractivity contribution is 5.66. The quantitative estimate of drug-likeness (QED) is 0.568. The first-order valence-corrected chi connectivity index (χ1v) is 7.17. The Morgan fingerprint density at radius 1 is 0.958 bits per heavy atom. The third kappa shape index (κ3) is 1.88. The van der Waals surface area contributed by atoms with Crippen LogP contribution in [0.4, 0.5) is 0 Å². The van der Waals surface area contributed by atoms with Crippen LogP contribution in [0.15, 0.2) is 53.6 Å². The molecule has 1 aliphatic heterocycles. The number of rotatable bonds is 3. The molecule has 0 radical (unpaired) electrons. The molecule has 0 saturated heterocycles. The lowest BCUT2D eigenvalue weighted by Gasteiger charge is -2.05. The standard InChI is InChI=1S/C15H10N6O3/c1-2-6-20(5-1)14-15(18-24-17-14)21-11(8-16-19-21)10-3-4-12-13(7-10)23-9-22-12/h1-8H,9H2. The van der Waals surface area contributed by atoms with Crippen molar-refractivity contribution in [3.63, 3.8) is 0 Å². The van der Waals surface area contributed by atoms with Crippen molar-refractivity contribution in [1.29, 1.82) is 0 Å². The molecule has 24 heavy (non-hydrogen) atoms. The second-order valence-corrected chi connectivity index (χ2v) is 5.10. The van der Waals surface area contributed by atoms with Crippen LogP contribution >= 0.6 is 0 Å². The van der Waals surface area contributed by atoms with E-state index in [1.807, 2.05) is 42.7 Å². The van der Waals surface area contributed by atoms with E-state index in [-0.39, 0.29) is 6.79 Å². The highest BCUT2D eigenvalue weighted by atomic mass is 16.7. The zero-order valence-electron chi connectivity index (χ0n) is 12.2. The number of benzene rings is 1. The Bertz CT molecular complexity index is 1000. The van der Waals surface area contributed by atoms with Crippen LogP contribution in [0, 0.1) is 0 Å². The van der Waals surface area contributed by atoms with Crippen molar-refractivity contribution in [2.24, 2.45) is 0 Å². The van der Waals surface area contributed by atoms with Gasteiger partial charge in [-0.3, -0.25) is 0 Å². The summed E-state index contributed by atoms with van der Waals surface area (Å²) >= 11 is 0. The zero-order valence-corrected chi connectivity index (χ0v) is 12.2. The summed E-state index contributed by atoms with van der Waals surface area (Å²) in [5.74, 6) is 2.36. The van der Waals surface area contributed by atoms with Crippen molar-refractivity contribution in [1.82, 2.24) is 29.9 Å². The molecular weight excluding hydrogens is 312 g/mol. The van der Waals surface area contributed by atoms with E-state index in [9.17, 15) is 0 Å². The molecule has 9 nitrogen and oxygen atoms in total. The van der Waals surface area contributed by atoms with Crippen molar-refractivity contribution in [3.05, 3.63) is 48.9 Å². The molecule has 0 N–H and O–H groups in total. The molecule has 5 rings (SSSR count). The van der Waals surface area contributed by atoms with Gasteiger partial charge in [-0.15, -0.1) is 5.10 Å². The maximum Gasteiger partial charge on any atom is 0.245 e. The molecule has 3 aromatic heterocycles. The minimum Gasteiger partial charge on any atom is -0.454 e. The van der Waals surface area contributed by atoms with E-state index >= 15 is 0 Å². The van der Waals surface area contributed by atoms with Crippen LogP contribution in [-0.4, -0.2) is 36.7 Å². The Morgan fingerprint density at radius 2 is 1.79 bits per heavy atom. The molecule has 0 aliphatic carbocycles. The summed E-state index contributed by atoms with van der Waals surface area (Å²) < 4.78 is 19.0. The number of nitrogens with zero attached hydrogens (tertiary/aromatic N) is 6. The number of ether oxygens (including phenoxy) is 2. The number of hydrogen-bond donors (Lipinski definition) is 0. The molecule has 1 aliphatic rings. The van der Waals surface area contributed by atoms with Gasteiger partial charge in [-0.05, 0) is 40.6 Å². The first-order valence-electron chi connectivity index (χ1n) is 7.17. The molecule has 4 heterocycles. The van der Waals surface area contributed by atoms with Gasteiger partial charge in [0.25, 0.3) is 0 Å². The van der Waals surface area contributed by atoms with Crippen LogP contribution in [0.1, 0.15) is 0 Å². The average Bonchev–Trinajstić information content (AvgIpc) is 3.40. The molecule has 4 aromatic rings. The Morgan fingerprint density at radius 3 is 2.71 bits per heavy atom. The summed E-state index contributed by atoms with van der Waals surface area (Å²) in [4.78, 5) is 0. The van der Waals surface area contributed by atoms with E-state index in [1.54, 1.807) is 15.4 Å². The lowest BCUT2D eigenvalue weighted by Crippen LogP contribution is -2.04. The fourth-order valence-electron chi connectivity index (χ4n) is 2.60.